The number of carbonyl (C=O) groups is 2. The van der Waals surface area contributed by atoms with Crippen LogP contribution in [0, 0.1) is 0 Å². The Morgan fingerprint density at radius 1 is 1.22 bits per heavy atom. The van der Waals surface area contributed by atoms with Crippen molar-refractivity contribution in [1.29, 1.82) is 0 Å². The number of esters is 1. The molecule has 0 bridgehead atoms. The van der Waals surface area contributed by atoms with E-state index in [1.54, 1.807) is 37.5 Å². The van der Waals surface area contributed by atoms with Crippen molar-refractivity contribution < 1.29 is 19.1 Å². The molecule has 0 aliphatic carbocycles. The maximum atomic E-state index is 12.0. The molecule has 0 spiro atoms. The molecular weight excluding hydrogens is 314 g/mol. The van der Waals surface area contributed by atoms with Crippen molar-refractivity contribution in [3.63, 3.8) is 0 Å². The molecule has 2 rings (SSSR count). The molecule has 0 fully saturated rings. The Hall–Kier alpha value is -2.60. The molecule has 1 aromatic heterocycles. The highest BCUT2D eigenvalue weighted by Gasteiger charge is 2.16. The molecule has 1 amide bonds. The quantitative estimate of drug-likeness (QED) is 0.651. The minimum Gasteiger partial charge on any atom is -0.497 e. The van der Waals surface area contributed by atoms with Crippen molar-refractivity contribution in [1.82, 2.24) is 0 Å². The fourth-order valence-corrected chi connectivity index (χ4v) is 2.35. The first-order valence-corrected chi connectivity index (χ1v) is 7.88. The summed E-state index contributed by atoms with van der Waals surface area (Å²) in [5.74, 6) is -0.262. The molecule has 0 aliphatic heterocycles. The summed E-state index contributed by atoms with van der Waals surface area (Å²) in [6.45, 7) is 1.52. The van der Waals surface area contributed by atoms with E-state index in [0.29, 0.717) is 11.4 Å². The summed E-state index contributed by atoms with van der Waals surface area (Å²) in [6.07, 6.45) is 2.06. The molecule has 0 unspecified atom stereocenters. The Labute approximate surface area is 138 Å². The Balaban J connectivity index is 1.85. The van der Waals surface area contributed by atoms with Crippen LogP contribution in [0.2, 0.25) is 0 Å². The van der Waals surface area contributed by atoms with Crippen LogP contribution >= 0.6 is 11.3 Å². The van der Waals surface area contributed by atoms with Gasteiger partial charge in [-0.1, -0.05) is 0 Å². The topological polar surface area (TPSA) is 64.6 Å². The molecule has 5 nitrogen and oxygen atoms in total. The number of rotatable bonds is 6. The van der Waals surface area contributed by atoms with Gasteiger partial charge in [-0.15, -0.1) is 0 Å². The number of ether oxygens (including phenoxy) is 2. The van der Waals surface area contributed by atoms with Gasteiger partial charge in [0, 0.05) is 11.8 Å². The normalized spacial score (nSPS) is 11.9. The van der Waals surface area contributed by atoms with Crippen LogP contribution in [0.15, 0.2) is 47.2 Å². The van der Waals surface area contributed by atoms with E-state index in [-0.39, 0.29) is 0 Å². The number of thiophene rings is 1. The highest BCUT2D eigenvalue weighted by molar-refractivity contribution is 7.08. The molecule has 120 valence electrons. The van der Waals surface area contributed by atoms with Crippen LogP contribution < -0.4 is 10.1 Å². The number of hydrogen-bond donors (Lipinski definition) is 1. The number of nitrogens with one attached hydrogen (secondary N) is 1. The average molecular weight is 331 g/mol. The summed E-state index contributed by atoms with van der Waals surface area (Å²) in [7, 11) is 1.57. The van der Waals surface area contributed by atoms with Crippen molar-refractivity contribution in [3.05, 3.63) is 52.7 Å². The maximum Gasteiger partial charge on any atom is 0.331 e. The summed E-state index contributed by atoms with van der Waals surface area (Å²) < 4.78 is 10.1. The standard InChI is InChI=1S/C17H17NO4S/c1-12(22-16(19)8-3-13-9-10-23-11-13)17(20)18-14-4-6-15(21-2)7-5-14/h3-12H,1-2H3,(H,18,20)/b8-3+/t12-/m0/s1. The van der Waals surface area contributed by atoms with Crippen LogP contribution in [0.25, 0.3) is 6.08 Å². The molecule has 23 heavy (non-hydrogen) atoms. The third-order valence-corrected chi connectivity index (χ3v) is 3.68. The number of methoxy groups -OCH3 is 1. The zero-order chi connectivity index (χ0) is 16.7. The van der Waals surface area contributed by atoms with E-state index in [1.165, 1.54) is 24.3 Å². The van der Waals surface area contributed by atoms with Crippen LogP contribution in [0.3, 0.4) is 0 Å². The lowest BCUT2D eigenvalue weighted by Gasteiger charge is -2.12. The van der Waals surface area contributed by atoms with Gasteiger partial charge < -0.3 is 14.8 Å². The molecule has 1 heterocycles. The van der Waals surface area contributed by atoms with Crippen molar-refractivity contribution in [2.45, 2.75) is 13.0 Å². The lowest BCUT2D eigenvalue weighted by molar-refractivity contribution is -0.148. The van der Waals surface area contributed by atoms with Gasteiger partial charge in [0.1, 0.15) is 5.75 Å². The predicted octanol–water partition coefficient (Wildman–Crippen LogP) is 3.34. The highest BCUT2D eigenvalue weighted by Crippen LogP contribution is 2.15. The largest absolute Gasteiger partial charge is 0.497 e. The number of benzene rings is 1. The van der Waals surface area contributed by atoms with Crippen LogP contribution in [0.1, 0.15) is 12.5 Å². The van der Waals surface area contributed by atoms with Crippen LogP contribution in [0.5, 0.6) is 5.75 Å². The van der Waals surface area contributed by atoms with E-state index in [9.17, 15) is 9.59 Å². The molecule has 0 aliphatic rings. The fraction of sp³-hybridized carbons (Fsp3) is 0.176. The van der Waals surface area contributed by atoms with Gasteiger partial charge >= 0.3 is 5.97 Å². The number of anilines is 1. The van der Waals surface area contributed by atoms with Gasteiger partial charge in [-0.05, 0) is 59.7 Å². The van der Waals surface area contributed by atoms with Crippen molar-refractivity contribution >= 4 is 35.0 Å². The van der Waals surface area contributed by atoms with Crippen molar-refractivity contribution in [2.24, 2.45) is 0 Å². The van der Waals surface area contributed by atoms with E-state index in [4.69, 9.17) is 9.47 Å². The molecule has 1 N–H and O–H groups in total. The molecular formula is C17H17NO4S. The third kappa shape index (κ3) is 5.27. The van der Waals surface area contributed by atoms with Gasteiger partial charge in [-0.3, -0.25) is 4.79 Å². The van der Waals surface area contributed by atoms with Crippen LogP contribution in [-0.4, -0.2) is 25.1 Å². The minimum atomic E-state index is -0.892. The van der Waals surface area contributed by atoms with E-state index < -0.39 is 18.0 Å². The molecule has 6 heteroatoms. The minimum absolute atomic E-state index is 0.396. The van der Waals surface area contributed by atoms with Crippen molar-refractivity contribution in [3.8, 4) is 5.75 Å². The average Bonchev–Trinajstić information content (AvgIpc) is 3.07. The molecule has 0 radical (unpaired) electrons. The maximum absolute atomic E-state index is 12.0. The van der Waals surface area contributed by atoms with Gasteiger partial charge in [-0.2, -0.15) is 11.3 Å². The summed E-state index contributed by atoms with van der Waals surface area (Å²) in [6, 6.07) is 8.77. The number of hydrogen-bond acceptors (Lipinski definition) is 5. The van der Waals surface area contributed by atoms with Crippen LogP contribution in [-0.2, 0) is 14.3 Å². The van der Waals surface area contributed by atoms with E-state index >= 15 is 0 Å². The molecule has 2 aromatic rings. The summed E-state index contributed by atoms with van der Waals surface area (Å²) in [5.41, 5.74) is 1.52. The first-order valence-electron chi connectivity index (χ1n) is 6.94. The molecule has 1 atom stereocenters. The van der Waals surface area contributed by atoms with Crippen LogP contribution in [0.4, 0.5) is 5.69 Å². The molecule has 0 saturated carbocycles. The van der Waals surface area contributed by atoms with E-state index in [2.05, 4.69) is 5.32 Å². The monoisotopic (exact) mass is 331 g/mol. The zero-order valence-electron chi connectivity index (χ0n) is 12.8. The third-order valence-electron chi connectivity index (χ3n) is 2.97. The Morgan fingerprint density at radius 3 is 2.57 bits per heavy atom. The lowest BCUT2D eigenvalue weighted by atomic mass is 10.3. The second kappa shape index (κ2) is 8.14. The Kier molecular flexibility index (Phi) is 5.94. The highest BCUT2D eigenvalue weighted by atomic mass is 32.1. The van der Waals surface area contributed by atoms with Gasteiger partial charge in [0.2, 0.25) is 0 Å². The van der Waals surface area contributed by atoms with E-state index in [0.717, 1.165) is 5.56 Å². The van der Waals surface area contributed by atoms with Gasteiger partial charge in [-0.25, -0.2) is 4.79 Å². The number of amides is 1. The first kappa shape index (κ1) is 16.8. The first-order chi connectivity index (χ1) is 11.1. The lowest BCUT2D eigenvalue weighted by Crippen LogP contribution is -2.29. The van der Waals surface area contributed by atoms with E-state index in [1.807, 2.05) is 16.8 Å². The van der Waals surface area contributed by atoms with Crippen molar-refractivity contribution in [2.75, 3.05) is 12.4 Å². The molecule has 1 aromatic carbocycles. The second-order valence-electron chi connectivity index (χ2n) is 4.69. The number of carbonyl (C=O) groups excluding carboxylic acids is 2. The summed E-state index contributed by atoms with van der Waals surface area (Å²) in [4.78, 5) is 23.7. The summed E-state index contributed by atoms with van der Waals surface area (Å²) >= 11 is 1.54. The molecule has 0 saturated heterocycles. The smallest absolute Gasteiger partial charge is 0.331 e. The van der Waals surface area contributed by atoms with Gasteiger partial charge in [0.05, 0.1) is 7.11 Å². The Bertz CT molecular complexity index is 677. The predicted molar refractivity (Wildman–Crippen MR) is 90.5 cm³/mol. The zero-order valence-corrected chi connectivity index (χ0v) is 13.6. The summed E-state index contributed by atoms with van der Waals surface area (Å²) in [5, 5.41) is 6.49. The van der Waals surface area contributed by atoms with Gasteiger partial charge in [0.25, 0.3) is 5.91 Å². The SMILES string of the molecule is COc1ccc(NC(=O)[C@H](C)OC(=O)/C=C/c2ccsc2)cc1. The fourth-order valence-electron chi connectivity index (χ4n) is 1.72. The van der Waals surface area contributed by atoms with Gasteiger partial charge in [0.15, 0.2) is 6.10 Å². The second-order valence-corrected chi connectivity index (χ2v) is 5.47. The Morgan fingerprint density at radius 2 is 1.96 bits per heavy atom.